The smallest absolute Gasteiger partial charge is 0.343 e. The van der Waals surface area contributed by atoms with Crippen LogP contribution >= 0.6 is 0 Å². The zero-order chi connectivity index (χ0) is 11.3. The number of aryl methyl sites for hydroxylation is 1. The van der Waals surface area contributed by atoms with Crippen LogP contribution < -0.4 is 4.74 Å². The van der Waals surface area contributed by atoms with Crippen molar-refractivity contribution in [3.63, 3.8) is 0 Å². The molecule has 0 radical (unpaired) electrons. The van der Waals surface area contributed by atoms with Gasteiger partial charge in [0.25, 0.3) is 0 Å². The Balaban J connectivity index is 2.78. The lowest BCUT2D eigenvalue weighted by atomic mass is 10.1. The van der Waals surface area contributed by atoms with Crippen molar-refractivity contribution in [3.05, 3.63) is 29.3 Å². The summed E-state index contributed by atoms with van der Waals surface area (Å²) in [6.45, 7) is 1.60. The Morgan fingerprint density at radius 2 is 2.20 bits per heavy atom. The molecule has 0 fully saturated rings. The molecule has 0 bridgehead atoms. The number of hydrogen-bond acceptors (Lipinski definition) is 4. The zero-order valence-corrected chi connectivity index (χ0v) is 8.82. The van der Waals surface area contributed by atoms with Crippen molar-refractivity contribution in [2.24, 2.45) is 0 Å². The summed E-state index contributed by atoms with van der Waals surface area (Å²) in [7, 11) is 1.30. The second kappa shape index (κ2) is 5.36. The van der Waals surface area contributed by atoms with E-state index in [-0.39, 0.29) is 13.2 Å². The standard InChI is InChI=1S/C11H14O4/c1-8-4-3-5-9(6-12)11(8)15-7-10(13)14-2/h3-5,12H,6-7H2,1-2H3. The van der Waals surface area contributed by atoms with Gasteiger partial charge < -0.3 is 14.6 Å². The number of hydrogen-bond donors (Lipinski definition) is 1. The molecule has 15 heavy (non-hydrogen) atoms. The molecule has 0 spiro atoms. The van der Waals surface area contributed by atoms with Crippen molar-refractivity contribution < 1.29 is 19.4 Å². The molecule has 0 saturated carbocycles. The Labute approximate surface area is 88.4 Å². The number of carbonyl (C=O) groups excluding carboxylic acids is 1. The minimum absolute atomic E-state index is 0.113. The van der Waals surface area contributed by atoms with E-state index in [1.807, 2.05) is 19.1 Å². The van der Waals surface area contributed by atoms with Crippen LogP contribution in [0.2, 0.25) is 0 Å². The van der Waals surface area contributed by atoms with Crippen LogP contribution in [0.3, 0.4) is 0 Å². The summed E-state index contributed by atoms with van der Waals surface area (Å²) in [5.74, 6) is 0.104. The maximum Gasteiger partial charge on any atom is 0.343 e. The fourth-order valence-electron chi connectivity index (χ4n) is 1.23. The van der Waals surface area contributed by atoms with Gasteiger partial charge in [-0.2, -0.15) is 0 Å². The van der Waals surface area contributed by atoms with Crippen LogP contribution in [0.15, 0.2) is 18.2 Å². The fourth-order valence-corrected chi connectivity index (χ4v) is 1.23. The predicted octanol–water partition coefficient (Wildman–Crippen LogP) is 1.04. The van der Waals surface area contributed by atoms with E-state index in [1.54, 1.807) is 6.07 Å². The number of esters is 1. The molecule has 0 heterocycles. The van der Waals surface area contributed by atoms with Gasteiger partial charge in [0.2, 0.25) is 0 Å². The summed E-state index contributed by atoms with van der Waals surface area (Å²) in [4.78, 5) is 10.9. The number of methoxy groups -OCH3 is 1. The molecule has 1 N–H and O–H groups in total. The second-order valence-corrected chi connectivity index (χ2v) is 3.09. The molecule has 1 rings (SSSR count). The first kappa shape index (κ1) is 11.5. The van der Waals surface area contributed by atoms with Crippen LogP contribution in [0.1, 0.15) is 11.1 Å². The first-order valence-electron chi connectivity index (χ1n) is 4.58. The van der Waals surface area contributed by atoms with Crippen molar-refractivity contribution >= 4 is 5.97 Å². The number of rotatable bonds is 4. The highest BCUT2D eigenvalue weighted by Gasteiger charge is 2.08. The van der Waals surface area contributed by atoms with Gasteiger partial charge >= 0.3 is 5.97 Å². The molecule has 4 nitrogen and oxygen atoms in total. The van der Waals surface area contributed by atoms with Gasteiger partial charge in [-0.15, -0.1) is 0 Å². The van der Waals surface area contributed by atoms with E-state index >= 15 is 0 Å². The molecular weight excluding hydrogens is 196 g/mol. The number of aliphatic hydroxyl groups excluding tert-OH is 1. The molecule has 0 aliphatic rings. The molecule has 0 aliphatic heterocycles. The molecule has 0 aliphatic carbocycles. The third kappa shape index (κ3) is 2.95. The summed E-state index contributed by atoms with van der Waals surface area (Å²) < 4.78 is 9.74. The predicted molar refractivity (Wildman–Crippen MR) is 54.6 cm³/mol. The third-order valence-corrected chi connectivity index (χ3v) is 2.03. The highest BCUT2D eigenvalue weighted by atomic mass is 16.6. The number of carbonyl (C=O) groups is 1. The van der Waals surface area contributed by atoms with Gasteiger partial charge in [-0.3, -0.25) is 0 Å². The molecule has 1 aromatic rings. The highest BCUT2D eigenvalue weighted by molar-refractivity contribution is 5.71. The molecule has 1 aromatic carbocycles. The number of para-hydroxylation sites is 1. The molecule has 4 heteroatoms. The monoisotopic (exact) mass is 210 g/mol. The highest BCUT2D eigenvalue weighted by Crippen LogP contribution is 2.23. The van der Waals surface area contributed by atoms with Crippen LogP contribution in [-0.4, -0.2) is 24.8 Å². The largest absolute Gasteiger partial charge is 0.481 e. The van der Waals surface area contributed by atoms with Crippen molar-refractivity contribution in [1.82, 2.24) is 0 Å². The Morgan fingerprint density at radius 1 is 1.47 bits per heavy atom. The van der Waals surface area contributed by atoms with E-state index in [0.29, 0.717) is 11.3 Å². The number of ether oxygens (including phenoxy) is 2. The number of aliphatic hydroxyl groups is 1. The van der Waals surface area contributed by atoms with Gasteiger partial charge in [0.1, 0.15) is 5.75 Å². The molecule has 0 saturated heterocycles. The summed E-state index contributed by atoms with van der Waals surface area (Å²) >= 11 is 0. The fraction of sp³-hybridized carbons (Fsp3) is 0.364. The maximum absolute atomic E-state index is 10.9. The molecule has 0 atom stereocenters. The summed E-state index contributed by atoms with van der Waals surface area (Å²) in [6.07, 6.45) is 0. The third-order valence-electron chi connectivity index (χ3n) is 2.03. The minimum atomic E-state index is -0.442. The summed E-state index contributed by atoms with van der Waals surface area (Å²) in [5, 5.41) is 9.07. The average Bonchev–Trinajstić information content (AvgIpc) is 2.26. The molecule has 0 unspecified atom stereocenters. The first-order chi connectivity index (χ1) is 7.19. The van der Waals surface area contributed by atoms with Gasteiger partial charge in [-0.05, 0) is 12.5 Å². The van der Waals surface area contributed by atoms with E-state index in [4.69, 9.17) is 9.84 Å². The Kier molecular flexibility index (Phi) is 4.12. The van der Waals surface area contributed by atoms with Crippen molar-refractivity contribution in [3.8, 4) is 5.75 Å². The SMILES string of the molecule is COC(=O)COc1c(C)cccc1CO. The summed E-state index contributed by atoms with van der Waals surface area (Å²) in [6, 6.07) is 5.43. The Morgan fingerprint density at radius 3 is 2.80 bits per heavy atom. The lowest BCUT2D eigenvalue weighted by molar-refractivity contribution is -0.142. The van der Waals surface area contributed by atoms with Gasteiger partial charge in [0.05, 0.1) is 13.7 Å². The van der Waals surface area contributed by atoms with Crippen molar-refractivity contribution in [2.75, 3.05) is 13.7 Å². The van der Waals surface area contributed by atoms with Crippen molar-refractivity contribution in [1.29, 1.82) is 0 Å². The lowest BCUT2D eigenvalue weighted by Crippen LogP contribution is -2.14. The quantitative estimate of drug-likeness (QED) is 0.754. The van der Waals surface area contributed by atoms with Gasteiger partial charge in [0.15, 0.2) is 6.61 Å². The van der Waals surface area contributed by atoms with Crippen LogP contribution in [0.5, 0.6) is 5.75 Å². The van der Waals surface area contributed by atoms with Crippen LogP contribution in [-0.2, 0) is 16.1 Å². The normalized spacial score (nSPS) is 9.80. The Hall–Kier alpha value is -1.55. The average molecular weight is 210 g/mol. The van der Waals surface area contributed by atoms with Gasteiger partial charge in [0, 0.05) is 5.56 Å². The van der Waals surface area contributed by atoms with Crippen LogP contribution in [0.25, 0.3) is 0 Å². The second-order valence-electron chi connectivity index (χ2n) is 3.09. The number of benzene rings is 1. The molecule has 82 valence electrons. The molecule has 0 aromatic heterocycles. The maximum atomic E-state index is 10.9. The lowest BCUT2D eigenvalue weighted by Gasteiger charge is -2.11. The van der Waals surface area contributed by atoms with E-state index in [2.05, 4.69) is 4.74 Å². The first-order valence-corrected chi connectivity index (χ1v) is 4.58. The van der Waals surface area contributed by atoms with Crippen LogP contribution in [0.4, 0.5) is 0 Å². The molecule has 0 amide bonds. The minimum Gasteiger partial charge on any atom is -0.481 e. The van der Waals surface area contributed by atoms with E-state index in [1.165, 1.54) is 7.11 Å². The zero-order valence-electron chi connectivity index (χ0n) is 8.82. The van der Waals surface area contributed by atoms with E-state index < -0.39 is 5.97 Å². The van der Waals surface area contributed by atoms with Gasteiger partial charge in [-0.25, -0.2) is 4.79 Å². The van der Waals surface area contributed by atoms with Crippen LogP contribution in [0, 0.1) is 6.92 Å². The Bertz CT molecular complexity index is 346. The molecular formula is C11H14O4. The summed E-state index contributed by atoms with van der Waals surface area (Å²) in [5.41, 5.74) is 1.55. The van der Waals surface area contributed by atoms with Crippen molar-refractivity contribution in [2.45, 2.75) is 13.5 Å². The van der Waals surface area contributed by atoms with E-state index in [9.17, 15) is 4.79 Å². The topological polar surface area (TPSA) is 55.8 Å². The van der Waals surface area contributed by atoms with Gasteiger partial charge in [-0.1, -0.05) is 18.2 Å². The van der Waals surface area contributed by atoms with E-state index in [0.717, 1.165) is 5.56 Å².